The van der Waals surface area contributed by atoms with Gasteiger partial charge in [0.2, 0.25) is 5.91 Å². The number of carbonyl (C=O) groups excluding carboxylic acids is 1. The highest BCUT2D eigenvalue weighted by Gasteiger charge is 2.28. The molecule has 0 saturated carbocycles. The third-order valence-corrected chi connectivity index (χ3v) is 2.97. The lowest BCUT2D eigenvalue weighted by atomic mass is 10.2. The van der Waals surface area contributed by atoms with Crippen LogP contribution >= 0.6 is 0 Å². The monoisotopic (exact) mass is 184 g/mol. The molecular weight excluding hydrogens is 164 g/mol. The van der Waals surface area contributed by atoms with Gasteiger partial charge in [-0.25, -0.2) is 0 Å². The number of amides is 1. The van der Waals surface area contributed by atoms with E-state index < -0.39 is 0 Å². The first kappa shape index (κ1) is 10.5. The van der Waals surface area contributed by atoms with Crippen molar-refractivity contribution < 1.29 is 4.79 Å². The van der Waals surface area contributed by atoms with Crippen LogP contribution in [0.25, 0.3) is 0 Å². The average Bonchev–Trinajstić information content (AvgIpc) is 2.48. The fourth-order valence-corrected chi connectivity index (χ4v) is 1.72. The third-order valence-electron chi connectivity index (χ3n) is 2.97. The molecule has 1 rings (SSSR count). The third kappa shape index (κ3) is 2.21. The van der Waals surface area contributed by atoms with Crippen LogP contribution in [-0.2, 0) is 4.79 Å². The van der Waals surface area contributed by atoms with E-state index in [2.05, 4.69) is 6.92 Å². The summed E-state index contributed by atoms with van der Waals surface area (Å²) in [6.45, 7) is 5.04. The van der Waals surface area contributed by atoms with Crippen molar-refractivity contribution in [3.05, 3.63) is 0 Å². The van der Waals surface area contributed by atoms with Gasteiger partial charge in [0.25, 0.3) is 0 Å². The SMILES string of the molecule is CC1CCCN1C(=O)[C@H](C)N(C)C. The first-order chi connectivity index (χ1) is 6.04. The fraction of sp³-hybridized carbons (Fsp3) is 0.900. The van der Waals surface area contributed by atoms with Crippen LogP contribution in [0.1, 0.15) is 26.7 Å². The van der Waals surface area contributed by atoms with Crippen LogP contribution in [0.4, 0.5) is 0 Å². The highest BCUT2D eigenvalue weighted by atomic mass is 16.2. The molecule has 0 radical (unpaired) electrons. The van der Waals surface area contributed by atoms with Crippen LogP contribution in [0.5, 0.6) is 0 Å². The lowest BCUT2D eigenvalue weighted by molar-refractivity contribution is -0.136. The second-order valence-corrected chi connectivity index (χ2v) is 4.16. The minimum atomic E-state index is 0.0144. The van der Waals surface area contributed by atoms with Crippen LogP contribution in [0, 0.1) is 0 Å². The molecular formula is C10H20N2O. The zero-order valence-electron chi connectivity index (χ0n) is 9.08. The summed E-state index contributed by atoms with van der Waals surface area (Å²) in [6.07, 6.45) is 2.32. The molecule has 1 unspecified atom stereocenters. The molecule has 1 amide bonds. The molecule has 1 aliphatic rings. The Morgan fingerprint density at radius 1 is 1.54 bits per heavy atom. The molecule has 13 heavy (non-hydrogen) atoms. The first-order valence-corrected chi connectivity index (χ1v) is 5.01. The van der Waals surface area contributed by atoms with Gasteiger partial charge in [0.1, 0.15) is 0 Å². The van der Waals surface area contributed by atoms with E-state index in [1.165, 1.54) is 0 Å². The van der Waals surface area contributed by atoms with Gasteiger partial charge in [-0.1, -0.05) is 0 Å². The van der Waals surface area contributed by atoms with Crippen molar-refractivity contribution in [1.29, 1.82) is 0 Å². The Bertz CT molecular complexity index is 191. The van der Waals surface area contributed by atoms with Crippen LogP contribution in [0.15, 0.2) is 0 Å². The Hall–Kier alpha value is -0.570. The number of likely N-dealkylation sites (N-methyl/N-ethyl adjacent to an activating group) is 1. The molecule has 0 spiro atoms. The quantitative estimate of drug-likeness (QED) is 0.638. The summed E-state index contributed by atoms with van der Waals surface area (Å²) < 4.78 is 0. The van der Waals surface area contributed by atoms with Crippen molar-refractivity contribution in [1.82, 2.24) is 9.80 Å². The molecule has 1 heterocycles. The number of carbonyl (C=O) groups is 1. The fourth-order valence-electron chi connectivity index (χ4n) is 1.72. The summed E-state index contributed by atoms with van der Waals surface area (Å²) in [5.74, 6) is 0.273. The second kappa shape index (κ2) is 4.09. The number of hydrogen-bond acceptors (Lipinski definition) is 2. The zero-order valence-corrected chi connectivity index (χ0v) is 9.08. The lowest BCUT2D eigenvalue weighted by Crippen LogP contribution is -2.45. The summed E-state index contributed by atoms with van der Waals surface area (Å²) in [7, 11) is 3.90. The lowest BCUT2D eigenvalue weighted by Gasteiger charge is -2.28. The summed E-state index contributed by atoms with van der Waals surface area (Å²) in [6, 6.07) is 0.454. The Morgan fingerprint density at radius 3 is 2.54 bits per heavy atom. The molecule has 3 nitrogen and oxygen atoms in total. The highest BCUT2D eigenvalue weighted by molar-refractivity contribution is 5.81. The van der Waals surface area contributed by atoms with Crippen molar-refractivity contribution in [2.75, 3.05) is 20.6 Å². The van der Waals surface area contributed by atoms with Crippen LogP contribution < -0.4 is 0 Å². The highest BCUT2D eigenvalue weighted by Crippen LogP contribution is 2.17. The molecule has 0 bridgehead atoms. The molecule has 76 valence electrons. The van der Waals surface area contributed by atoms with E-state index in [-0.39, 0.29) is 11.9 Å². The molecule has 0 aromatic carbocycles. The molecule has 0 aromatic heterocycles. The molecule has 0 aliphatic carbocycles. The Kier molecular flexibility index (Phi) is 3.31. The van der Waals surface area contributed by atoms with E-state index in [9.17, 15) is 4.79 Å². The second-order valence-electron chi connectivity index (χ2n) is 4.16. The van der Waals surface area contributed by atoms with Crippen molar-refractivity contribution in [2.45, 2.75) is 38.8 Å². The minimum absolute atomic E-state index is 0.0144. The molecule has 1 fully saturated rings. The van der Waals surface area contributed by atoms with E-state index >= 15 is 0 Å². The van der Waals surface area contributed by atoms with Crippen molar-refractivity contribution >= 4 is 5.91 Å². The van der Waals surface area contributed by atoms with E-state index in [0.29, 0.717) is 6.04 Å². The van der Waals surface area contributed by atoms with Crippen molar-refractivity contribution in [2.24, 2.45) is 0 Å². The maximum Gasteiger partial charge on any atom is 0.239 e. The molecule has 0 aromatic rings. The van der Waals surface area contributed by atoms with Gasteiger partial charge in [-0.05, 0) is 40.8 Å². The molecule has 0 N–H and O–H groups in total. The molecule has 2 atom stereocenters. The Labute approximate surface area is 80.7 Å². The number of hydrogen-bond donors (Lipinski definition) is 0. The summed E-state index contributed by atoms with van der Waals surface area (Å²) in [5.41, 5.74) is 0. The van der Waals surface area contributed by atoms with Gasteiger partial charge < -0.3 is 4.90 Å². The number of likely N-dealkylation sites (tertiary alicyclic amines) is 1. The van der Waals surface area contributed by atoms with Gasteiger partial charge in [0, 0.05) is 12.6 Å². The topological polar surface area (TPSA) is 23.6 Å². The molecule has 1 aliphatic heterocycles. The Morgan fingerprint density at radius 2 is 2.15 bits per heavy atom. The first-order valence-electron chi connectivity index (χ1n) is 5.01. The van der Waals surface area contributed by atoms with E-state index in [1.54, 1.807) is 0 Å². The minimum Gasteiger partial charge on any atom is -0.339 e. The number of rotatable bonds is 2. The van der Waals surface area contributed by atoms with E-state index in [4.69, 9.17) is 0 Å². The van der Waals surface area contributed by atoms with Gasteiger partial charge >= 0.3 is 0 Å². The summed E-state index contributed by atoms with van der Waals surface area (Å²) in [4.78, 5) is 15.9. The van der Waals surface area contributed by atoms with Crippen molar-refractivity contribution in [3.63, 3.8) is 0 Å². The van der Waals surface area contributed by atoms with Gasteiger partial charge in [-0.15, -0.1) is 0 Å². The summed E-state index contributed by atoms with van der Waals surface area (Å²) in [5, 5.41) is 0. The smallest absolute Gasteiger partial charge is 0.239 e. The zero-order chi connectivity index (χ0) is 10.0. The van der Waals surface area contributed by atoms with Crippen LogP contribution in [0.3, 0.4) is 0 Å². The average molecular weight is 184 g/mol. The summed E-state index contributed by atoms with van der Waals surface area (Å²) >= 11 is 0. The maximum absolute atomic E-state index is 11.9. The van der Waals surface area contributed by atoms with Gasteiger partial charge in [0.05, 0.1) is 6.04 Å². The van der Waals surface area contributed by atoms with E-state index in [0.717, 1.165) is 19.4 Å². The predicted octanol–water partition coefficient (Wildman–Crippen LogP) is 0.947. The maximum atomic E-state index is 11.9. The van der Waals surface area contributed by atoms with Crippen LogP contribution in [0.2, 0.25) is 0 Å². The Balaban J connectivity index is 2.56. The van der Waals surface area contributed by atoms with E-state index in [1.807, 2.05) is 30.8 Å². The van der Waals surface area contributed by atoms with Crippen LogP contribution in [-0.4, -0.2) is 48.4 Å². The predicted molar refractivity (Wildman–Crippen MR) is 53.6 cm³/mol. The van der Waals surface area contributed by atoms with Gasteiger partial charge in [-0.2, -0.15) is 0 Å². The molecule has 1 saturated heterocycles. The molecule has 3 heteroatoms. The van der Waals surface area contributed by atoms with Gasteiger partial charge in [0.15, 0.2) is 0 Å². The normalized spacial score (nSPS) is 25.3. The number of nitrogens with zero attached hydrogens (tertiary/aromatic N) is 2. The largest absolute Gasteiger partial charge is 0.339 e. The van der Waals surface area contributed by atoms with Crippen molar-refractivity contribution in [3.8, 4) is 0 Å². The standard InChI is InChI=1S/C10H20N2O/c1-8-6-5-7-12(8)10(13)9(2)11(3)4/h8-9H,5-7H2,1-4H3/t8?,9-/m0/s1. The van der Waals surface area contributed by atoms with Gasteiger partial charge in [-0.3, -0.25) is 9.69 Å².